The van der Waals surface area contributed by atoms with Crippen molar-refractivity contribution in [2.45, 2.75) is 37.8 Å². The second kappa shape index (κ2) is 5.65. The molecule has 0 radical (unpaired) electrons. The van der Waals surface area contributed by atoms with E-state index in [0.29, 0.717) is 0 Å². The lowest BCUT2D eigenvalue weighted by atomic mass is 9.91. The lowest BCUT2D eigenvalue weighted by Gasteiger charge is -2.25. The minimum absolute atomic E-state index is 0.161. The van der Waals surface area contributed by atoms with Gasteiger partial charge in [-0.25, -0.2) is 0 Å². The van der Waals surface area contributed by atoms with Crippen LogP contribution in [0.4, 0.5) is 0 Å². The number of benzene rings is 1. The maximum atomic E-state index is 9.69. The Morgan fingerprint density at radius 3 is 2.88 bits per heavy atom. The molecule has 3 nitrogen and oxygen atoms in total. The van der Waals surface area contributed by atoms with Crippen LogP contribution >= 0.6 is 15.9 Å². The van der Waals surface area contributed by atoms with E-state index in [9.17, 15) is 5.11 Å². The van der Waals surface area contributed by atoms with Crippen LogP contribution in [0.25, 0.3) is 0 Å². The summed E-state index contributed by atoms with van der Waals surface area (Å²) in [6, 6.07) is 5.68. The van der Waals surface area contributed by atoms with E-state index >= 15 is 0 Å². The average molecular weight is 297 g/mol. The first kappa shape index (κ1) is 12.6. The molecular formula is C13H17BrN2O. The van der Waals surface area contributed by atoms with Crippen LogP contribution in [-0.4, -0.2) is 23.4 Å². The molecule has 92 valence electrons. The van der Waals surface area contributed by atoms with E-state index in [-0.39, 0.29) is 17.8 Å². The third-order valence-electron chi connectivity index (χ3n) is 3.18. The van der Waals surface area contributed by atoms with Gasteiger partial charge in [-0.05, 0) is 31.0 Å². The van der Waals surface area contributed by atoms with Crippen molar-refractivity contribution in [1.82, 2.24) is 0 Å². The third-order valence-corrected chi connectivity index (χ3v) is 3.67. The molecule has 0 aromatic heterocycles. The molecule has 1 aromatic carbocycles. The molecule has 0 amide bonds. The number of aromatic hydroxyl groups is 1. The zero-order chi connectivity index (χ0) is 12.3. The van der Waals surface area contributed by atoms with Gasteiger partial charge in [-0.1, -0.05) is 28.8 Å². The smallest absolute Gasteiger partial charge is 0.124 e. The van der Waals surface area contributed by atoms with Crippen LogP contribution in [0.1, 0.15) is 31.2 Å². The maximum absolute atomic E-state index is 9.69. The molecule has 1 aromatic rings. The van der Waals surface area contributed by atoms with Crippen LogP contribution < -0.4 is 5.73 Å². The number of nitrogens with zero attached hydrogens (tertiary/aromatic N) is 1. The fraction of sp³-hybridized carbons (Fsp3) is 0.462. The summed E-state index contributed by atoms with van der Waals surface area (Å²) in [6.07, 6.45) is 6.23. The average Bonchev–Trinajstić information content (AvgIpc) is 2.32. The molecule has 0 aliphatic heterocycles. The van der Waals surface area contributed by atoms with Gasteiger partial charge in [0.25, 0.3) is 0 Å². The van der Waals surface area contributed by atoms with E-state index in [1.165, 1.54) is 12.8 Å². The lowest BCUT2D eigenvalue weighted by Crippen LogP contribution is -2.36. The van der Waals surface area contributed by atoms with Gasteiger partial charge in [-0.15, -0.1) is 0 Å². The van der Waals surface area contributed by atoms with Gasteiger partial charge >= 0.3 is 0 Å². The fourth-order valence-electron chi connectivity index (χ4n) is 2.13. The van der Waals surface area contributed by atoms with Crippen molar-refractivity contribution in [3.8, 4) is 5.75 Å². The minimum atomic E-state index is 0.161. The molecule has 1 fully saturated rings. The minimum Gasteiger partial charge on any atom is -0.507 e. The van der Waals surface area contributed by atoms with Crippen LogP contribution in [0, 0.1) is 0 Å². The molecule has 17 heavy (non-hydrogen) atoms. The van der Waals surface area contributed by atoms with E-state index in [1.54, 1.807) is 18.3 Å². The predicted octanol–water partition coefficient (Wildman–Crippen LogP) is 2.84. The Kier molecular flexibility index (Phi) is 4.18. The lowest BCUT2D eigenvalue weighted by molar-refractivity contribution is 0.387. The zero-order valence-corrected chi connectivity index (χ0v) is 11.2. The largest absolute Gasteiger partial charge is 0.507 e. The molecule has 3 N–H and O–H groups in total. The van der Waals surface area contributed by atoms with Crippen molar-refractivity contribution in [3.63, 3.8) is 0 Å². The van der Waals surface area contributed by atoms with Gasteiger partial charge in [0, 0.05) is 22.3 Å². The first-order valence-electron chi connectivity index (χ1n) is 5.94. The predicted molar refractivity (Wildman–Crippen MR) is 73.6 cm³/mol. The molecule has 0 bridgehead atoms. The molecule has 2 rings (SSSR count). The summed E-state index contributed by atoms with van der Waals surface area (Å²) in [6.45, 7) is 0. The van der Waals surface area contributed by atoms with E-state index in [4.69, 9.17) is 5.73 Å². The second-order valence-corrected chi connectivity index (χ2v) is 5.41. The Bertz CT molecular complexity index is 420. The highest BCUT2D eigenvalue weighted by Gasteiger charge is 2.20. The summed E-state index contributed by atoms with van der Waals surface area (Å²) in [7, 11) is 0. The van der Waals surface area contributed by atoms with Gasteiger partial charge < -0.3 is 10.8 Å². The molecule has 1 saturated carbocycles. The summed E-state index contributed by atoms with van der Waals surface area (Å²) in [4.78, 5) is 4.51. The van der Waals surface area contributed by atoms with Crippen LogP contribution in [0.3, 0.4) is 0 Å². The van der Waals surface area contributed by atoms with Crippen molar-refractivity contribution in [2.24, 2.45) is 10.7 Å². The number of hydrogen-bond donors (Lipinski definition) is 2. The molecule has 0 unspecified atom stereocenters. The number of halogens is 1. The molecule has 0 saturated heterocycles. The highest BCUT2D eigenvalue weighted by Crippen LogP contribution is 2.22. The van der Waals surface area contributed by atoms with Gasteiger partial charge in [-0.3, -0.25) is 4.99 Å². The van der Waals surface area contributed by atoms with Gasteiger partial charge in [0.2, 0.25) is 0 Å². The summed E-state index contributed by atoms with van der Waals surface area (Å²) in [5.41, 5.74) is 6.76. The quantitative estimate of drug-likeness (QED) is 0.825. The monoisotopic (exact) mass is 296 g/mol. The van der Waals surface area contributed by atoms with Crippen molar-refractivity contribution < 1.29 is 5.11 Å². The first-order valence-corrected chi connectivity index (χ1v) is 6.73. The number of phenolic OH excluding ortho intramolecular Hbond substituents is 1. The number of aliphatic imine (C=N–C) groups is 1. The normalized spacial score (nSPS) is 25.3. The second-order valence-electron chi connectivity index (χ2n) is 4.50. The number of rotatable bonds is 2. The van der Waals surface area contributed by atoms with Crippen LogP contribution in [0.5, 0.6) is 5.75 Å². The van der Waals surface area contributed by atoms with Crippen molar-refractivity contribution in [3.05, 3.63) is 28.2 Å². The van der Waals surface area contributed by atoms with Gasteiger partial charge in [0.15, 0.2) is 0 Å². The standard InChI is InChI=1S/C13H17BrN2O/c14-10-5-6-13(17)9(7-10)8-16-12-4-2-1-3-11(12)15/h5-8,11-12,17H,1-4,15H2/t11-,12-/m1/s1. The molecule has 0 heterocycles. The Morgan fingerprint density at radius 2 is 2.12 bits per heavy atom. The highest BCUT2D eigenvalue weighted by molar-refractivity contribution is 9.10. The van der Waals surface area contributed by atoms with E-state index < -0.39 is 0 Å². The summed E-state index contributed by atoms with van der Waals surface area (Å²) >= 11 is 3.38. The first-order chi connectivity index (χ1) is 8.16. The van der Waals surface area contributed by atoms with Gasteiger partial charge in [0.1, 0.15) is 5.75 Å². The Balaban J connectivity index is 2.11. The van der Waals surface area contributed by atoms with Crippen LogP contribution in [0.2, 0.25) is 0 Å². The number of nitrogens with two attached hydrogens (primary N) is 1. The Morgan fingerprint density at radius 1 is 1.35 bits per heavy atom. The van der Waals surface area contributed by atoms with E-state index in [0.717, 1.165) is 22.9 Å². The maximum Gasteiger partial charge on any atom is 0.124 e. The van der Waals surface area contributed by atoms with Crippen LogP contribution in [0.15, 0.2) is 27.7 Å². The Hall–Kier alpha value is -0.870. The van der Waals surface area contributed by atoms with Crippen molar-refractivity contribution in [1.29, 1.82) is 0 Å². The van der Waals surface area contributed by atoms with Crippen LogP contribution in [-0.2, 0) is 0 Å². The van der Waals surface area contributed by atoms with E-state index in [2.05, 4.69) is 20.9 Å². The third kappa shape index (κ3) is 3.30. The van der Waals surface area contributed by atoms with Gasteiger partial charge in [0.05, 0.1) is 6.04 Å². The van der Waals surface area contributed by atoms with Crippen molar-refractivity contribution >= 4 is 22.1 Å². The topological polar surface area (TPSA) is 58.6 Å². The molecule has 1 aliphatic rings. The Labute approximate surface area is 110 Å². The number of hydrogen-bond acceptors (Lipinski definition) is 3. The molecule has 0 spiro atoms. The van der Waals surface area contributed by atoms with Crippen molar-refractivity contribution in [2.75, 3.05) is 0 Å². The summed E-state index contributed by atoms with van der Waals surface area (Å²) < 4.78 is 0.935. The molecular weight excluding hydrogens is 280 g/mol. The summed E-state index contributed by atoms with van der Waals surface area (Å²) in [5.74, 6) is 0.251. The summed E-state index contributed by atoms with van der Waals surface area (Å²) in [5, 5.41) is 9.69. The van der Waals surface area contributed by atoms with E-state index in [1.807, 2.05) is 6.07 Å². The highest BCUT2D eigenvalue weighted by atomic mass is 79.9. The fourth-order valence-corrected chi connectivity index (χ4v) is 2.51. The molecule has 4 heteroatoms. The number of phenols is 1. The SMILES string of the molecule is N[C@@H]1CCCC[C@H]1N=Cc1cc(Br)ccc1O. The molecule has 2 atom stereocenters. The molecule has 1 aliphatic carbocycles. The zero-order valence-electron chi connectivity index (χ0n) is 9.64. The van der Waals surface area contributed by atoms with Gasteiger partial charge in [-0.2, -0.15) is 0 Å².